The predicted octanol–water partition coefficient (Wildman–Crippen LogP) is 4.45. The number of thioether (sulfide) groups is 1. The molecule has 2 rings (SSSR count). The zero-order valence-electron chi connectivity index (χ0n) is 12.2. The summed E-state index contributed by atoms with van der Waals surface area (Å²) in [6.07, 6.45) is 0. The second-order valence-electron chi connectivity index (χ2n) is 4.53. The van der Waals surface area contributed by atoms with Gasteiger partial charge in [-0.1, -0.05) is 23.4 Å². The van der Waals surface area contributed by atoms with E-state index in [1.165, 1.54) is 48.5 Å². The Morgan fingerprint density at radius 3 is 2.29 bits per heavy atom. The third-order valence-electron chi connectivity index (χ3n) is 2.78. The van der Waals surface area contributed by atoms with Gasteiger partial charge >= 0.3 is 5.97 Å². The van der Waals surface area contributed by atoms with Crippen LogP contribution in [0.4, 0.5) is 14.5 Å². The zero-order chi connectivity index (χ0) is 17.5. The smallest absolute Gasteiger partial charge is 0.338 e. The molecule has 8 heteroatoms. The average Bonchev–Trinajstić information content (AvgIpc) is 2.54. The predicted molar refractivity (Wildman–Crippen MR) is 88.7 cm³/mol. The average molecular weight is 372 g/mol. The number of nitrogens with one attached hydrogen (secondary N) is 1. The van der Waals surface area contributed by atoms with Crippen molar-refractivity contribution in [2.75, 3.05) is 11.9 Å². The molecule has 1 N–H and O–H groups in total. The number of esters is 1. The number of carbonyl (C=O) groups is 2. The van der Waals surface area contributed by atoms with E-state index in [0.29, 0.717) is 27.4 Å². The Hall–Kier alpha value is -2.12. The highest BCUT2D eigenvalue weighted by atomic mass is 35.5. The second kappa shape index (κ2) is 8.65. The fourth-order valence-electron chi connectivity index (χ4n) is 1.72. The topological polar surface area (TPSA) is 55.4 Å². The molecule has 0 unspecified atom stereocenters. The number of anilines is 1. The normalized spacial score (nSPS) is 10.5. The first-order valence-corrected chi connectivity index (χ1v) is 7.97. The molecule has 2 aromatic rings. The maximum atomic E-state index is 12.2. The molecule has 0 saturated heterocycles. The lowest BCUT2D eigenvalue weighted by atomic mass is 10.2. The third-order valence-corrected chi connectivity index (χ3v) is 3.75. The lowest BCUT2D eigenvalue weighted by molar-refractivity contribution is -0.119. The molecule has 2 aromatic carbocycles. The number of alkyl halides is 2. The second-order valence-corrected chi connectivity index (χ2v) is 6.03. The van der Waals surface area contributed by atoms with Crippen LogP contribution in [0.1, 0.15) is 10.4 Å². The highest BCUT2D eigenvalue weighted by Crippen LogP contribution is 2.26. The lowest BCUT2D eigenvalue weighted by Gasteiger charge is -2.07. The van der Waals surface area contributed by atoms with Crippen LogP contribution < -0.4 is 5.32 Å². The summed E-state index contributed by atoms with van der Waals surface area (Å²) in [5.41, 5.74) is 0.696. The van der Waals surface area contributed by atoms with Crippen LogP contribution in [0.3, 0.4) is 0 Å². The van der Waals surface area contributed by atoms with Crippen molar-refractivity contribution < 1.29 is 23.1 Å². The summed E-state index contributed by atoms with van der Waals surface area (Å²) in [5, 5.41) is 2.99. The minimum absolute atomic E-state index is 0.278. The largest absolute Gasteiger partial charge is 0.452 e. The number of carbonyl (C=O) groups excluding carboxylic acids is 2. The molecule has 0 spiro atoms. The Morgan fingerprint density at radius 1 is 1.08 bits per heavy atom. The number of hydrogen-bond acceptors (Lipinski definition) is 4. The number of hydrogen-bond donors (Lipinski definition) is 1. The van der Waals surface area contributed by atoms with E-state index in [9.17, 15) is 18.4 Å². The Balaban J connectivity index is 1.82. The maximum Gasteiger partial charge on any atom is 0.338 e. The van der Waals surface area contributed by atoms with E-state index in [4.69, 9.17) is 16.3 Å². The van der Waals surface area contributed by atoms with Gasteiger partial charge < -0.3 is 10.1 Å². The highest BCUT2D eigenvalue weighted by molar-refractivity contribution is 7.99. The molecule has 0 aliphatic heterocycles. The highest BCUT2D eigenvalue weighted by Gasteiger charge is 2.11. The fourth-order valence-corrected chi connectivity index (χ4v) is 2.34. The quantitative estimate of drug-likeness (QED) is 0.602. The first-order valence-electron chi connectivity index (χ1n) is 6.71. The summed E-state index contributed by atoms with van der Waals surface area (Å²) in [7, 11) is 0. The number of benzene rings is 2. The van der Waals surface area contributed by atoms with Gasteiger partial charge in [-0.3, -0.25) is 4.79 Å². The molecular weight excluding hydrogens is 360 g/mol. The van der Waals surface area contributed by atoms with Crippen molar-refractivity contribution in [3.8, 4) is 0 Å². The van der Waals surface area contributed by atoms with Crippen LogP contribution in [0.5, 0.6) is 0 Å². The van der Waals surface area contributed by atoms with Crippen LogP contribution >= 0.6 is 23.4 Å². The van der Waals surface area contributed by atoms with Gasteiger partial charge in [0.2, 0.25) is 0 Å². The van der Waals surface area contributed by atoms with Gasteiger partial charge in [-0.05, 0) is 48.5 Å². The number of rotatable bonds is 6. The summed E-state index contributed by atoms with van der Waals surface area (Å²) in [6, 6.07) is 12.0. The van der Waals surface area contributed by atoms with Gasteiger partial charge in [-0.2, -0.15) is 8.78 Å². The van der Waals surface area contributed by atoms with Crippen molar-refractivity contribution in [1.82, 2.24) is 0 Å². The molecule has 0 aromatic heterocycles. The molecule has 0 radical (unpaired) electrons. The Labute approximate surface area is 146 Å². The van der Waals surface area contributed by atoms with Crippen LogP contribution in [0.15, 0.2) is 53.4 Å². The SMILES string of the molecule is O=C(COC(=O)c1ccc(Cl)cc1)Nc1ccc(SC(F)F)cc1. The van der Waals surface area contributed by atoms with Gasteiger partial charge in [-0.25, -0.2) is 4.79 Å². The van der Waals surface area contributed by atoms with E-state index >= 15 is 0 Å². The summed E-state index contributed by atoms with van der Waals surface area (Å²) in [5.74, 6) is -3.69. The van der Waals surface area contributed by atoms with Gasteiger partial charge in [0.1, 0.15) is 0 Å². The van der Waals surface area contributed by atoms with Crippen molar-refractivity contribution in [1.29, 1.82) is 0 Å². The zero-order valence-corrected chi connectivity index (χ0v) is 13.7. The molecule has 0 heterocycles. The van der Waals surface area contributed by atoms with Gasteiger partial charge in [0, 0.05) is 15.6 Å². The maximum absolute atomic E-state index is 12.2. The van der Waals surface area contributed by atoms with Crippen LogP contribution in [0.25, 0.3) is 0 Å². The minimum Gasteiger partial charge on any atom is -0.452 e. The molecule has 0 aliphatic carbocycles. The van der Waals surface area contributed by atoms with Crippen molar-refractivity contribution in [3.05, 3.63) is 59.1 Å². The van der Waals surface area contributed by atoms with Crippen molar-refractivity contribution in [2.24, 2.45) is 0 Å². The van der Waals surface area contributed by atoms with Gasteiger partial charge in [-0.15, -0.1) is 0 Å². The molecule has 0 atom stereocenters. The van der Waals surface area contributed by atoms with E-state index in [0.717, 1.165) is 0 Å². The first-order chi connectivity index (χ1) is 11.4. The first kappa shape index (κ1) is 18.2. The Bertz CT molecular complexity index is 708. The van der Waals surface area contributed by atoms with E-state index in [-0.39, 0.29) is 5.56 Å². The monoisotopic (exact) mass is 371 g/mol. The Morgan fingerprint density at radius 2 is 1.71 bits per heavy atom. The van der Waals surface area contributed by atoms with Crippen molar-refractivity contribution in [2.45, 2.75) is 10.7 Å². The van der Waals surface area contributed by atoms with Gasteiger partial charge in [0.25, 0.3) is 11.7 Å². The number of ether oxygens (including phenoxy) is 1. The molecule has 0 aliphatic rings. The fraction of sp³-hybridized carbons (Fsp3) is 0.125. The molecule has 24 heavy (non-hydrogen) atoms. The van der Waals surface area contributed by atoms with Crippen molar-refractivity contribution in [3.63, 3.8) is 0 Å². The summed E-state index contributed by atoms with van der Waals surface area (Å²) < 4.78 is 29.3. The van der Waals surface area contributed by atoms with E-state index < -0.39 is 24.2 Å². The van der Waals surface area contributed by atoms with Crippen molar-refractivity contribution >= 4 is 40.9 Å². The van der Waals surface area contributed by atoms with E-state index in [1.807, 2.05) is 0 Å². The summed E-state index contributed by atoms with van der Waals surface area (Å²) in [6.45, 7) is -0.463. The van der Waals surface area contributed by atoms with Gasteiger partial charge in [0.05, 0.1) is 5.56 Å². The minimum atomic E-state index is -2.50. The summed E-state index contributed by atoms with van der Waals surface area (Å²) >= 11 is 6.13. The van der Waals surface area contributed by atoms with Crippen LogP contribution in [0, 0.1) is 0 Å². The molecule has 0 saturated carbocycles. The van der Waals surface area contributed by atoms with Crippen LogP contribution in [-0.2, 0) is 9.53 Å². The lowest BCUT2D eigenvalue weighted by Crippen LogP contribution is -2.20. The van der Waals surface area contributed by atoms with E-state index in [1.54, 1.807) is 0 Å². The third kappa shape index (κ3) is 5.82. The standard InChI is InChI=1S/C16H12ClF2NO3S/c17-11-3-1-10(2-4-11)15(22)23-9-14(21)20-12-5-7-13(8-6-12)24-16(18)19/h1-8,16H,9H2,(H,20,21). The van der Waals surface area contributed by atoms with Gasteiger partial charge in [0.15, 0.2) is 6.61 Å². The molecule has 0 fully saturated rings. The van der Waals surface area contributed by atoms with Crippen LogP contribution in [-0.4, -0.2) is 24.2 Å². The number of amides is 1. The van der Waals surface area contributed by atoms with Crippen LogP contribution in [0.2, 0.25) is 5.02 Å². The number of halogens is 3. The molecular formula is C16H12ClF2NO3S. The Kier molecular flexibility index (Phi) is 6.57. The summed E-state index contributed by atoms with van der Waals surface area (Å²) in [4.78, 5) is 23.9. The molecule has 0 bridgehead atoms. The van der Waals surface area contributed by atoms with E-state index in [2.05, 4.69) is 5.32 Å². The molecule has 1 amide bonds. The molecule has 4 nitrogen and oxygen atoms in total. The molecule has 126 valence electrons.